The molecule has 0 radical (unpaired) electrons. The van der Waals surface area contributed by atoms with Gasteiger partial charge < -0.3 is 15.1 Å². The van der Waals surface area contributed by atoms with E-state index in [1.807, 2.05) is 0 Å². The second kappa shape index (κ2) is 9.47. The third kappa shape index (κ3) is 5.74. The van der Waals surface area contributed by atoms with Crippen LogP contribution in [-0.4, -0.2) is 48.5 Å². The maximum absolute atomic E-state index is 13.1. The van der Waals surface area contributed by atoms with Gasteiger partial charge in [0.25, 0.3) is 5.69 Å². The van der Waals surface area contributed by atoms with Gasteiger partial charge >= 0.3 is 0 Å². The molecule has 1 heterocycles. The molecular formula is C21H25FN4O3. The van der Waals surface area contributed by atoms with Gasteiger partial charge in [0.1, 0.15) is 5.82 Å². The number of aryl methyl sites for hydroxylation is 1. The first-order chi connectivity index (χ1) is 13.9. The van der Waals surface area contributed by atoms with Crippen molar-refractivity contribution in [1.29, 1.82) is 0 Å². The molecule has 1 fully saturated rings. The number of rotatable bonds is 6. The fourth-order valence-electron chi connectivity index (χ4n) is 3.48. The first-order valence-electron chi connectivity index (χ1n) is 9.70. The van der Waals surface area contributed by atoms with Gasteiger partial charge in [0.2, 0.25) is 5.91 Å². The number of non-ortho nitro benzene ring substituents is 1. The van der Waals surface area contributed by atoms with E-state index in [0.29, 0.717) is 24.2 Å². The van der Waals surface area contributed by atoms with Crippen LogP contribution in [0.5, 0.6) is 0 Å². The summed E-state index contributed by atoms with van der Waals surface area (Å²) < 4.78 is 13.1. The van der Waals surface area contributed by atoms with E-state index in [2.05, 4.69) is 15.1 Å². The Morgan fingerprint density at radius 1 is 1.14 bits per heavy atom. The minimum absolute atomic E-state index is 0.00998. The van der Waals surface area contributed by atoms with E-state index in [1.165, 1.54) is 24.3 Å². The lowest BCUT2D eigenvalue weighted by Crippen LogP contribution is -2.32. The Hall–Kier alpha value is -3.00. The highest BCUT2D eigenvalue weighted by Crippen LogP contribution is 2.21. The number of anilines is 2. The summed E-state index contributed by atoms with van der Waals surface area (Å²) in [6, 6.07) is 11.0. The fraction of sp³-hybridized carbons (Fsp3) is 0.381. The molecule has 0 aromatic heterocycles. The van der Waals surface area contributed by atoms with Gasteiger partial charge in [-0.2, -0.15) is 0 Å². The molecule has 0 aliphatic carbocycles. The molecule has 0 unspecified atom stereocenters. The topological polar surface area (TPSA) is 78.7 Å². The number of nitrogens with zero attached hydrogens (tertiary/aromatic N) is 3. The highest BCUT2D eigenvalue weighted by atomic mass is 19.1. The molecule has 154 valence electrons. The van der Waals surface area contributed by atoms with Gasteiger partial charge in [0, 0.05) is 56.1 Å². The monoisotopic (exact) mass is 400 g/mol. The number of carbonyl (C=O) groups is 1. The van der Waals surface area contributed by atoms with Crippen LogP contribution in [0.1, 0.15) is 18.4 Å². The van der Waals surface area contributed by atoms with Crippen LogP contribution in [0, 0.1) is 22.9 Å². The van der Waals surface area contributed by atoms with Crippen molar-refractivity contribution in [3.8, 4) is 0 Å². The number of hydrogen-bond donors (Lipinski definition) is 1. The number of hydrogen-bond acceptors (Lipinski definition) is 5. The standard InChI is InChI=1S/C21H25FN4O3/c1-16-15-19(26(28)29)7-8-20(16)23-21(27)9-12-24-10-2-11-25(14-13-24)18-5-3-17(22)4-6-18/h3-8,15H,2,9-14H2,1H3,(H,23,27). The van der Waals surface area contributed by atoms with Gasteiger partial charge in [-0.05, 0) is 55.8 Å². The van der Waals surface area contributed by atoms with Crippen LogP contribution in [0.4, 0.5) is 21.5 Å². The van der Waals surface area contributed by atoms with Crippen LogP contribution in [0.3, 0.4) is 0 Å². The number of nitro benzene ring substituents is 1. The van der Waals surface area contributed by atoms with Gasteiger partial charge in [-0.3, -0.25) is 14.9 Å². The first-order valence-corrected chi connectivity index (χ1v) is 9.70. The summed E-state index contributed by atoms with van der Waals surface area (Å²) in [7, 11) is 0. The molecule has 1 aliphatic heterocycles. The van der Waals surface area contributed by atoms with E-state index in [9.17, 15) is 19.3 Å². The smallest absolute Gasteiger partial charge is 0.269 e. The molecule has 0 bridgehead atoms. The Balaban J connectivity index is 1.48. The van der Waals surface area contributed by atoms with Crippen molar-refractivity contribution in [2.45, 2.75) is 19.8 Å². The molecule has 1 amide bonds. The average molecular weight is 400 g/mol. The largest absolute Gasteiger partial charge is 0.370 e. The third-order valence-electron chi connectivity index (χ3n) is 5.13. The molecule has 0 atom stereocenters. The minimum Gasteiger partial charge on any atom is -0.370 e. The quantitative estimate of drug-likeness (QED) is 0.592. The van der Waals surface area contributed by atoms with Crippen molar-refractivity contribution in [3.63, 3.8) is 0 Å². The number of amides is 1. The Morgan fingerprint density at radius 2 is 1.90 bits per heavy atom. The molecule has 3 rings (SSSR count). The summed E-state index contributed by atoms with van der Waals surface area (Å²) in [5, 5.41) is 13.7. The van der Waals surface area contributed by atoms with Crippen LogP contribution < -0.4 is 10.2 Å². The van der Waals surface area contributed by atoms with Crippen LogP contribution in [0.2, 0.25) is 0 Å². The van der Waals surface area contributed by atoms with Gasteiger partial charge in [-0.15, -0.1) is 0 Å². The zero-order valence-electron chi connectivity index (χ0n) is 16.4. The SMILES string of the molecule is Cc1cc([N+](=O)[O-])ccc1NC(=O)CCN1CCCN(c2ccc(F)cc2)CC1. The van der Waals surface area contributed by atoms with Crippen molar-refractivity contribution < 1.29 is 14.1 Å². The normalized spacial score (nSPS) is 15.0. The molecule has 1 aliphatic rings. The molecule has 1 saturated heterocycles. The van der Waals surface area contributed by atoms with Gasteiger partial charge in [-0.25, -0.2) is 4.39 Å². The second-order valence-electron chi connectivity index (χ2n) is 7.21. The minimum atomic E-state index is -0.451. The summed E-state index contributed by atoms with van der Waals surface area (Å²) in [6.45, 7) is 5.85. The first kappa shape index (κ1) is 20.7. The Labute approximate surface area is 169 Å². The number of halogens is 1. The van der Waals surface area contributed by atoms with Gasteiger partial charge in [0.15, 0.2) is 0 Å². The summed E-state index contributed by atoms with van der Waals surface area (Å²) >= 11 is 0. The predicted octanol–water partition coefficient (Wildman–Crippen LogP) is 3.58. The van der Waals surface area contributed by atoms with E-state index < -0.39 is 4.92 Å². The molecule has 7 nitrogen and oxygen atoms in total. The molecule has 0 saturated carbocycles. The summed E-state index contributed by atoms with van der Waals surface area (Å²) in [5.74, 6) is -0.346. The Bertz CT molecular complexity index is 873. The molecule has 1 N–H and O–H groups in total. The number of nitrogens with one attached hydrogen (secondary N) is 1. The zero-order chi connectivity index (χ0) is 20.8. The number of carbonyl (C=O) groups excluding carboxylic acids is 1. The Kier molecular flexibility index (Phi) is 6.77. The third-order valence-corrected chi connectivity index (χ3v) is 5.13. The molecule has 2 aromatic rings. The van der Waals surface area contributed by atoms with Crippen molar-refractivity contribution in [1.82, 2.24) is 4.90 Å². The van der Waals surface area contributed by atoms with Crippen molar-refractivity contribution in [2.75, 3.05) is 42.9 Å². The summed E-state index contributed by atoms with van der Waals surface area (Å²) in [5.41, 5.74) is 2.28. The molecule has 2 aromatic carbocycles. The Morgan fingerprint density at radius 3 is 2.59 bits per heavy atom. The lowest BCUT2D eigenvalue weighted by atomic mass is 10.1. The van der Waals surface area contributed by atoms with E-state index in [4.69, 9.17) is 0 Å². The van der Waals surface area contributed by atoms with E-state index in [0.717, 1.165) is 38.3 Å². The number of nitro groups is 1. The fourth-order valence-corrected chi connectivity index (χ4v) is 3.48. The lowest BCUT2D eigenvalue weighted by molar-refractivity contribution is -0.384. The maximum atomic E-state index is 13.1. The highest BCUT2D eigenvalue weighted by Gasteiger charge is 2.17. The predicted molar refractivity (Wildman–Crippen MR) is 111 cm³/mol. The lowest BCUT2D eigenvalue weighted by Gasteiger charge is -2.23. The molecule has 29 heavy (non-hydrogen) atoms. The average Bonchev–Trinajstić information content (AvgIpc) is 2.94. The molecule has 0 spiro atoms. The van der Waals surface area contributed by atoms with Crippen LogP contribution in [0.25, 0.3) is 0 Å². The van der Waals surface area contributed by atoms with Crippen LogP contribution >= 0.6 is 0 Å². The van der Waals surface area contributed by atoms with E-state index >= 15 is 0 Å². The van der Waals surface area contributed by atoms with E-state index in [-0.39, 0.29) is 17.4 Å². The van der Waals surface area contributed by atoms with Crippen LogP contribution in [0.15, 0.2) is 42.5 Å². The number of benzene rings is 2. The molecular weight excluding hydrogens is 375 g/mol. The highest BCUT2D eigenvalue weighted by molar-refractivity contribution is 5.91. The second-order valence-corrected chi connectivity index (χ2v) is 7.21. The zero-order valence-corrected chi connectivity index (χ0v) is 16.4. The maximum Gasteiger partial charge on any atom is 0.269 e. The van der Waals surface area contributed by atoms with Gasteiger partial charge in [0.05, 0.1) is 4.92 Å². The van der Waals surface area contributed by atoms with Gasteiger partial charge in [-0.1, -0.05) is 0 Å². The van der Waals surface area contributed by atoms with E-state index in [1.54, 1.807) is 25.1 Å². The van der Waals surface area contributed by atoms with Crippen molar-refractivity contribution in [3.05, 3.63) is 64.0 Å². The summed E-state index contributed by atoms with van der Waals surface area (Å²) in [4.78, 5) is 27.2. The molecule has 8 heteroatoms. The summed E-state index contributed by atoms with van der Waals surface area (Å²) in [6.07, 6.45) is 1.33. The van der Waals surface area contributed by atoms with Crippen molar-refractivity contribution in [2.24, 2.45) is 0 Å². The van der Waals surface area contributed by atoms with Crippen molar-refractivity contribution >= 4 is 23.0 Å². The van der Waals surface area contributed by atoms with Crippen LogP contribution in [-0.2, 0) is 4.79 Å².